The third-order valence-electron chi connectivity index (χ3n) is 3.64. The van der Waals surface area contributed by atoms with Gasteiger partial charge in [-0.25, -0.2) is 4.98 Å². The van der Waals surface area contributed by atoms with Gasteiger partial charge in [0, 0.05) is 29.6 Å². The SMILES string of the molecule is CC(=O)c1cccc(NC(=O)c2ccnc(NCCCN(C)C)c2)c1. The first-order chi connectivity index (χ1) is 12.0. The molecular weight excluding hydrogens is 316 g/mol. The molecule has 0 aliphatic carbocycles. The van der Waals surface area contributed by atoms with Gasteiger partial charge in [-0.2, -0.15) is 0 Å². The van der Waals surface area contributed by atoms with Gasteiger partial charge in [-0.15, -0.1) is 0 Å². The molecule has 2 N–H and O–H groups in total. The number of carbonyl (C=O) groups is 2. The number of benzene rings is 1. The van der Waals surface area contributed by atoms with Crippen LogP contribution < -0.4 is 10.6 Å². The minimum Gasteiger partial charge on any atom is -0.370 e. The number of ketones is 1. The highest BCUT2D eigenvalue weighted by molar-refractivity contribution is 6.05. The zero-order valence-corrected chi connectivity index (χ0v) is 14.9. The molecule has 6 heteroatoms. The van der Waals surface area contributed by atoms with Crippen molar-refractivity contribution >= 4 is 23.2 Å². The Hall–Kier alpha value is -2.73. The lowest BCUT2D eigenvalue weighted by Crippen LogP contribution is -2.17. The van der Waals surface area contributed by atoms with Crippen molar-refractivity contribution in [3.63, 3.8) is 0 Å². The van der Waals surface area contributed by atoms with Crippen LogP contribution in [0.15, 0.2) is 42.6 Å². The molecule has 1 amide bonds. The minimum absolute atomic E-state index is 0.0378. The molecular formula is C19H24N4O2. The number of rotatable bonds is 8. The van der Waals surface area contributed by atoms with Crippen LogP contribution in [0, 0.1) is 0 Å². The number of pyridine rings is 1. The molecule has 6 nitrogen and oxygen atoms in total. The van der Waals surface area contributed by atoms with Crippen molar-refractivity contribution in [2.75, 3.05) is 37.8 Å². The van der Waals surface area contributed by atoms with E-state index in [-0.39, 0.29) is 11.7 Å². The quantitative estimate of drug-likeness (QED) is 0.571. The Morgan fingerprint density at radius 1 is 1.12 bits per heavy atom. The smallest absolute Gasteiger partial charge is 0.255 e. The molecule has 2 rings (SSSR count). The molecule has 0 aliphatic heterocycles. The summed E-state index contributed by atoms with van der Waals surface area (Å²) < 4.78 is 0. The van der Waals surface area contributed by atoms with E-state index in [0.29, 0.717) is 22.6 Å². The predicted octanol–water partition coefficient (Wildman–Crippen LogP) is 2.90. The van der Waals surface area contributed by atoms with Crippen molar-refractivity contribution < 1.29 is 9.59 Å². The number of carbonyl (C=O) groups excluding carboxylic acids is 2. The highest BCUT2D eigenvalue weighted by Gasteiger charge is 2.09. The number of nitrogens with one attached hydrogen (secondary N) is 2. The molecule has 0 saturated heterocycles. The molecule has 2 aromatic rings. The summed E-state index contributed by atoms with van der Waals surface area (Å²) in [5.74, 6) is 0.396. The Bertz CT molecular complexity index is 744. The summed E-state index contributed by atoms with van der Waals surface area (Å²) in [6.45, 7) is 3.27. The van der Waals surface area contributed by atoms with Gasteiger partial charge in [0.05, 0.1) is 0 Å². The fourth-order valence-electron chi connectivity index (χ4n) is 2.30. The second-order valence-corrected chi connectivity index (χ2v) is 6.10. The van der Waals surface area contributed by atoms with Crippen LogP contribution in [-0.2, 0) is 0 Å². The standard InChI is InChI=1S/C19H24N4O2/c1-14(24)15-6-4-7-17(12-15)22-19(25)16-8-10-21-18(13-16)20-9-5-11-23(2)3/h4,6-8,10,12-13H,5,9,11H2,1-3H3,(H,20,21)(H,22,25). The highest BCUT2D eigenvalue weighted by Crippen LogP contribution is 2.14. The molecule has 1 heterocycles. The van der Waals surface area contributed by atoms with E-state index in [9.17, 15) is 9.59 Å². The van der Waals surface area contributed by atoms with Crippen LogP contribution >= 0.6 is 0 Å². The molecule has 132 valence electrons. The molecule has 0 unspecified atom stereocenters. The van der Waals surface area contributed by atoms with Gasteiger partial charge in [0.25, 0.3) is 5.91 Å². The summed E-state index contributed by atoms with van der Waals surface area (Å²) >= 11 is 0. The second kappa shape index (κ2) is 8.94. The number of anilines is 2. The van der Waals surface area contributed by atoms with Crippen LogP contribution in [0.2, 0.25) is 0 Å². The first-order valence-corrected chi connectivity index (χ1v) is 8.22. The molecule has 0 saturated carbocycles. The van der Waals surface area contributed by atoms with Crippen LogP contribution in [-0.4, -0.2) is 48.8 Å². The summed E-state index contributed by atoms with van der Waals surface area (Å²) in [6, 6.07) is 10.3. The molecule has 0 spiro atoms. The summed E-state index contributed by atoms with van der Waals surface area (Å²) in [6.07, 6.45) is 2.60. The van der Waals surface area contributed by atoms with Crippen LogP contribution in [0.5, 0.6) is 0 Å². The van der Waals surface area contributed by atoms with Gasteiger partial charge in [-0.1, -0.05) is 12.1 Å². The average molecular weight is 340 g/mol. The monoisotopic (exact) mass is 340 g/mol. The number of Topliss-reactive ketones (excluding diaryl/α,β-unsaturated/α-hetero) is 1. The van der Waals surface area contributed by atoms with E-state index in [2.05, 4.69) is 20.5 Å². The Morgan fingerprint density at radius 3 is 2.64 bits per heavy atom. The van der Waals surface area contributed by atoms with Crippen molar-refractivity contribution in [1.29, 1.82) is 0 Å². The van der Waals surface area contributed by atoms with Crippen LogP contribution in [0.1, 0.15) is 34.1 Å². The minimum atomic E-state index is -0.237. The summed E-state index contributed by atoms with van der Waals surface area (Å²) in [5, 5.41) is 6.03. The number of nitrogens with zero attached hydrogens (tertiary/aromatic N) is 2. The predicted molar refractivity (Wildman–Crippen MR) is 100 cm³/mol. The fourth-order valence-corrected chi connectivity index (χ4v) is 2.30. The van der Waals surface area contributed by atoms with E-state index in [4.69, 9.17) is 0 Å². The molecule has 0 atom stereocenters. The van der Waals surface area contributed by atoms with E-state index in [1.165, 1.54) is 6.92 Å². The number of aromatic nitrogens is 1. The highest BCUT2D eigenvalue weighted by atomic mass is 16.1. The van der Waals surface area contributed by atoms with Gasteiger partial charge in [0.15, 0.2) is 5.78 Å². The van der Waals surface area contributed by atoms with Crippen LogP contribution in [0.25, 0.3) is 0 Å². The maximum atomic E-state index is 12.4. The van der Waals surface area contributed by atoms with E-state index < -0.39 is 0 Å². The van der Waals surface area contributed by atoms with Gasteiger partial charge in [-0.3, -0.25) is 9.59 Å². The topological polar surface area (TPSA) is 74.3 Å². The van der Waals surface area contributed by atoms with Crippen molar-refractivity contribution in [3.8, 4) is 0 Å². The first-order valence-electron chi connectivity index (χ1n) is 8.22. The Balaban J connectivity index is 1.98. The van der Waals surface area contributed by atoms with Crippen molar-refractivity contribution in [2.45, 2.75) is 13.3 Å². The van der Waals surface area contributed by atoms with Gasteiger partial charge >= 0.3 is 0 Å². The molecule has 1 aromatic carbocycles. The molecule has 0 bridgehead atoms. The lowest BCUT2D eigenvalue weighted by atomic mass is 10.1. The maximum Gasteiger partial charge on any atom is 0.255 e. The first kappa shape index (κ1) is 18.6. The zero-order valence-electron chi connectivity index (χ0n) is 14.9. The Morgan fingerprint density at radius 2 is 1.92 bits per heavy atom. The van der Waals surface area contributed by atoms with Crippen molar-refractivity contribution in [3.05, 3.63) is 53.7 Å². The van der Waals surface area contributed by atoms with E-state index in [1.807, 2.05) is 14.1 Å². The van der Waals surface area contributed by atoms with Crippen molar-refractivity contribution in [1.82, 2.24) is 9.88 Å². The molecule has 0 radical (unpaired) electrons. The third kappa shape index (κ3) is 6.00. The van der Waals surface area contributed by atoms with E-state index >= 15 is 0 Å². The van der Waals surface area contributed by atoms with Gasteiger partial charge < -0.3 is 15.5 Å². The fraction of sp³-hybridized carbons (Fsp3) is 0.316. The second-order valence-electron chi connectivity index (χ2n) is 6.10. The lowest BCUT2D eigenvalue weighted by Gasteiger charge is -2.11. The molecule has 1 aromatic heterocycles. The van der Waals surface area contributed by atoms with Gasteiger partial charge in [0.1, 0.15) is 5.82 Å². The summed E-state index contributed by atoms with van der Waals surface area (Å²) in [5.41, 5.74) is 1.67. The summed E-state index contributed by atoms with van der Waals surface area (Å²) in [7, 11) is 4.06. The van der Waals surface area contributed by atoms with Crippen molar-refractivity contribution in [2.24, 2.45) is 0 Å². The summed E-state index contributed by atoms with van der Waals surface area (Å²) in [4.78, 5) is 30.2. The molecule has 0 fully saturated rings. The molecule has 0 aliphatic rings. The van der Waals surface area contributed by atoms with E-state index in [1.54, 1.807) is 42.6 Å². The Kier molecular flexibility index (Phi) is 6.65. The van der Waals surface area contributed by atoms with Crippen LogP contribution in [0.3, 0.4) is 0 Å². The zero-order chi connectivity index (χ0) is 18.2. The largest absolute Gasteiger partial charge is 0.370 e. The van der Waals surface area contributed by atoms with E-state index in [0.717, 1.165) is 19.5 Å². The van der Waals surface area contributed by atoms with Gasteiger partial charge in [-0.05, 0) is 58.3 Å². The van der Waals surface area contributed by atoms with Crippen LogP contribution in [0.4, 0.5) is 11.5 Å². The number of amides is 1. The molecule has 25 heavy (non-hydrogen) atoms. The normalized spacial score (nSPS) is 10.6. The lowest BCUT2D eigenvalue weighted by molar-refractivity contribution is 0.101. The number of hydrogen-bond donors (Lipinski definition) is 2. The van der Waals surface area contributed by atoms with Gasteiger partial charge in [0.2, 0.25) is 0 Å². The average Bonchev–Trinajstić information content (AvgIpc) is 2.59. The third-order valence-corrected chi connectivity index (χ3v) is 3.64. The maximum absolute atomic E-state index is 12.4. The Labute approximate surface area is 148 Å². The number of hydrogen-bond acceptors (Lipinski definition) is 5.